The van der Waals surface area contributed by atoms with Crippen LogP contribution in [0.4, 0.5) is 18.9 Å². The molecule has 0 aliphatic heterocycles. The number of hydrogen-bond acceptors (Lipinski definition) is 4. The summed E-state index contributed by atoms with van der Waals surface area (Å²) in [6.07, 6.45) is -4.24. The Kier molecular flexibility index (Phi) is 11.1. The summed E-state index contributed by atoms with van der Waals surface area (Å²) in [5.74, 6) is -1.26. The van der Waals surface area contributed by atoms with Crippen molar-refractivity contribution in [3.8, 4) is 0 Å². The lowest BCUT2D eigenvalue weighted by Crippen LogP contribution is -2.52. The lowest BCUT2D eigenvalue weighted by molar-refractivity contribution is -0.139. The van der Waals surface area contributed by atoms with Crippen molar-refractivity contribution >= 4 is 55.1 Å². The molecule has 2 unspecified atom stereocenters. The Morgan fingerprint density at radius 3 is 2.19 bits per heavy atom. The number of hydrogen-bond donors (Lipinski definition) is 1. The largest absolute Gasteiger partial charge is 0.417 e. The topological polar surface area (TPSA) is 86.8 Å². The average molecular weight is 689 g/mol. The second-order valence-corrected chi connectivity index (χ2v) is 12.8. The number of benzene rings is 3. The molecule has 1 N–H and O–H groups in total. The van der Waals surface area contributed by atoms with E-state index in [1.54, 1.807) is 37.3 Å². The van der Waals surface area contributed by atoms with Crippen LogP contribution >= 0.6 is 27.5 Å². The van der Waals surface area contributed by atoms with E-state index < -0.39 is 56.9 Å². The highest BCUT2D eigenvalue weighted by atomic mass is 79.9. The molecule has 0 aliphatic carbocycles. The zero-order chi connectivity index (χ0) is 31.2. The number of sulfonamides is 1. The smallest absolute Gasteiger partial charge is 0.352 e. The highest BCUT2D eigenvalue weighted by molar-refractivity contribution is 9.10. The van der Waals surface area contributed by atoms with Gasteiger partial charge in [-0.1, -0.05) is 64.8 Å². The van der Waals surface area contributed by atoms with Gasteiger partial charge in [-0.2, -0.15) is 13.2 Å². The molecule has 0 radical (unpaired) electrons. The van der Waals surface area contributed by atoms with Gasteiger partial charge in [-0.05, 0) is 68.3 Å². The van der Waals surface area contributed by atoms with E-state index in [9.17, 15) is 31.2 Å². The molecule has 7 nitrogen and oxygen atoms in total. The molecule has 2 amide bonds. The zero-order valence-corrected chi connectivity index (χ0v) is 26.2. The number of nitrogens with zero attached hydrogens (tertiary/aromatic N) is 2. The van der Waals surface area contributed by atoms with Gasteiger partial charge in [0.15, 0.2) is 0 Å². The number of rotatable bonds is 11. The lowest BCUT2D eigenvalue weighted by atomic mass is 10.1. The van der Waals surface area contributed by atoms with Gasteiger partial charge < -0.3 is 10.2 Å². The van der Waals surface area contributed by atoms with Crippen molar-refractivity contribution in [3.05, 3.63) is 93.4 Å². The van der Waals surface area contributed by atoms with Crippen LogP contribution in [0.3, 0.4) is 0 Å². The van der Waals surface area contributed by atoms with Gasteiger partial charge >= 0.3 is 6.18 Å². The molecule has 3 aromatic rings. The van der Waals surface area contributed by atoms with Crippen molar-refractivity contribution in [2.75, 3.05) is 10.8 Å². The van der Waals surface area contributed by atoms with Gasteiger partial charge in [-0.25, -0.2) is 8.42 Å². The number of nitrogens with one attached hydrogen (secondary N) is 1. The van der Waals surface area contributed by atoms with E-state index in [1.165, 1.54) is 36.1 Å². The van der Waals surface area contributed by atoms with E-state index in [1.807, 2.05) is 6.92 Å². The summed E-state index contributed by atoms with van der Waals surface area (Å²) in [4.78, 5) is 28.0. The summed E-state index contributed by atoms with van der Waals surface area (Å²) >= 11 is 9.14. The summed E-state index contributed by atoms with van der Waals surface area (Å²) < 4.78 is 70.1. The Morgan fingerprint density at radius 2 is 1.62 bits per heavy atom. The van der Waals surface area contributed by atoms with Gasteiger partial charge in [0.1, 0.15) is 12.6 Å². The van der Waals surface area contributed by atoms with Crippen molar-refractivity contribution in [3.63, 3.8) is 0 Å². The molecule has 3 rings (SSSR count). The third kappa shape index (κ3) is 8.26. The van der Waals surface area contributed by atoms with Gasteiger partial charge in [-0.3, -0.25) is 13.9 Å². The molecule has 2 atom stereocenters. The molecule has 0 aromatic heterocycles. The molecular weight excluding hydrogens is 659 g/mol. The minimum atomic E-state index is -4.88. The Labute approximate surface area is 256 Å². The normalized spacial score (nSPS) is 13.2. The molecule has 0 saturated carbocycles. The van der Waals surface area contributed by atoms with Gasteiger partial charge in [-0.15, -0.1) is 0 Å². The zero-order valence-electron chi connectivity index (χ0n) is 23.0. The van der Waals surface area contributed by atoms with Crippen molar-refractivity contribution in [2.24, 2.45) is 0 Å². The van der Waals surface area contributed by atoms with Crippen molar-refractivity contribution in [1.29, 1.82) is 0 Å². The fourth-order valence-corrected chi connectivity index (χ4v) is 5.88. The lowest BCUT2D eigenvalue weighted by Gasteiger charge is -2.32. The van der Waals surface area contributed by atoms with Crippen LogP contribution < -0.4 is 9.62 Å². The summed E-state index contributed by atoms with van der Waals surface area (Å²) in [6.45, 7) is 4.25. The van der Waals surface area contributed by atoms with E-state index in [0.29, 0.717) is 22.4 Å². The fourth-order valence-electron chi connectivity index (χ4n) is 3.97. The Bertz CT molecular complexity index is 1510. The molecule has 0 spiro atoms. The molecule has 3 aromatic carbocycles. The van der Waals surface area contributed by atoms with Crippen LogP contribution in [0.25, 0.3) is 0 Å². The van der Waals surface area contributed by atoms with Crippen molar-refractivity contribution in [2.45, 2.75) is 56.9 Å². The predicted molar refractivity (Wildman–Crippen MR) is 159 cm³/mol. The highest BCUT2D eigenvalue weighted by Crippen LogP contribution is 2.38. The summed E-state index contributed by atoms with van der Waals surface area (Å²) in [5.41, 5.74) is -1.02. The predicted octanol–water partition coefficient (Wildman–Crippen LogP) is 6.65. The maximum absolute atomic E-state index is 13.9. The first-order chi connectivity index (χ1) is 19.6. The highest BCUT2D eigenvalue weighted by Gasteiger charge is 2.37. The van der Waals surface area contributed by atoms with Crippen molar-refractivity contribution in [1.82, 2.24) is 10.2 Å². The van der Waals surface area contributed by atoms with Crippen LogP contribution in [0.2, 0.25) is 5.02 Å². The first-order valence-corrected chi connectivity index (χ1v) is 15.5. The number of alkyl halides is 3. The summed E-state index contributed by atoms with van der Waals surface area (Å²) in [5, 5.41) is 2.20. The van der Waals surface area contributed by atoms with E-state index in [4.69, 9.17) is 11.6 Å². The standard InChI is InChI=1S/C29H30BrClF3N3O4S/c1-4-19(2)35-28(39)20(3)36(17-21-10-12-22(30)13-11-21)27(38)18-37(42(40,41)24-8-6-5-7-9-24)23-14-15-26(31)25(16-23)29(32,33)34/h5-16,19-20H,4,17-18H2,1-3H3,(H,35,39). The molecule has 0 fully saturated rings. The van der Waals surface area contributed by atoms with E-state index in [-0.39, 0.29) is 17.5 Å². The number of carbonyl (C=O) groups excluding carboxylic acids is 2. The minimum absolute atomic E-state index is 0.0607. The first-order valence-electron chi connectivity index (χ1n) is 12.9. The molecule has 226 valence electrons. The summed E-state index contributed by atoms with van der Waals surface area (Å²) in [7, 11) is -4.54. The van der Waals surface area contributed by atoms with E-state index in [2.05, 4.69) is 21.2 Å². The molecule has 0 heterocycles. The first kappa shape index (κ1) is 33.4. The number of amides is 2. The second-order valence-electron chi connectivity index (χ2n) is 9.63. The quantitative estimate of drug-likeness (QED) is 0.245. The Morgan fingerprint density at radius 1 is 1.00 bits per heavy atom. The number of anilines is 1. The third-order valence-electron chi connectivity index (χ3n) is 6.59. The molecule has 42 heavy (non-hydrogen) atoms. The van der Waals surface area contributed by atoms with Crippen LogP contribution in [-0.4, -0.2) is 43.8 Å². The molecule has 13 heteroatoms. The van der Waals surface area contributed by atoms with Crippen LogP contribution in [-0.2, 0) is 32.3 Å². The van der Waals surface area contributed by atoms with E-state index >= 15 is 0 Å². The molecule has 0 bridgehead atoms. The van der Waals surface area contributed by atoms with E-state index in [0.717, 1.165) is 16.6 Å². The van der Waals surface area contributed by atoms with Gasteiger partial charge in [0.05, 0.1) is 21.2 Å². The monoisotopic (exact) mass is 687 g/mol. The molecule has 0 aliphatic rings. The number of carbonyl (C=O) groups is 2. The maximum Gasteiger partial charge on any atom is 0.417 e. The number of halogens is 5. The van der Waals surface area contributed by atoms with Gasteiger partial charge in [0.2, 0.25) is 11.8 Å². The summed E-state index contributed by atoms with van der Waals surface area (Å²) in [6, 6.07) is 15.4. The second kappa shape index (κ2) is 13.9. The van der Waals surface area contributed by atoms with Crippen LogP contribution in [0.1, 0.15) is 38.3 Å². The average Bonchev–Trinajstić information content (AvgIpc) is 2.95. The van der Waals surface area contributed by atoms with Gasteiger partial charge in [0, 0.05) is 17.1 Å². The molecular formula is C29H30BrClF3N3O4S. The fraction of sp³-hybridized carbons (Fsp3) is 0.310. The Balaban J connectivity index is 2.10. The minimum Gasteiger partial charge on any atom is -0.352 e. The Hall–Kier alpha value is -3.09. The maximum atomic E-state index is 13.9. The van der Waals surface area contributed by atoms with Crippen LogP contribution in [0, 0.1) is 0 Å². The van der Waals surface area contributed by atoms with Crippen LogP contribution in [0.15, 0.2) is 82.2 Å². The third-order valence-corrected chi connectivity index (χ3v) is 9.23. The molecule has 0 saturated heterocycles. The van der Waals surface area contributed by atoms with Crippen molar-refractivity contribution < 1.29 is 31.2 Å². The van der Waals surface area contributed by atoms with Gasteiger partial charge in [0.25, 0.3) is 10.0 Å². The SMILES string of the molecule is CCC(C)NC(=O)C(C)N(Cc1ccc(Br)cc1)C(=O)CN(c1ccc(Cl)c(C(F)(F)F)c1)S(=O)(=O)c1ccccc1. The van der Waals surface area contributed by atoms with Crippen LogP contribution in [0.5, 0.6) is 0 Å².